The van der Waals surface area contributed by atoms with Gasteiger partial charge in [0.05, 0.1) is 18.4 Å². The Bertz CT molecular complexity index is 484. The van der Waals surface area contributed by atoms with Gasteiger partial charge in [-0.05, 0) is 52.3 Å². The van der Waals surface area contributed by atoms with Crippen molar-refractivity contribution < 1.29 is 9.13 Å². The summed E-state index contributed by atoms with van der Waals surface area (Å²) in [7, 11) is 0. The van der Waals surface area contributed by atoms with Crippen LogP contribution in [0.15, 0.2) is 18.2 Å². The number of hydrogen-bond donors (Lipinski definition) is 1. The molecule has 21 heavy (non-hydrogen) atoms. The largest absolute Gasteiger partial charge is 0.375 e. The Morgan fingerprint density at radius 2 is 2.05 bits per heavy atom. The number of rotatable bonds is 3. The third-order valence-electron chi connectivity index (χ3n) is 3.75. The lowest BCUT2D eigenvalue weighted by atomic mass is 10.1. The molecule has 1 aromatic carbocycles. The predicted molar refractivity (Wildman–Crippen MR) is 85.2 cm³/mol. The minimum absolute atomic E-state index is 0.0311. The summed E-state index contributed by atoms with van der Waals surface area (Å²) in [5, 5.41) is 3.38. The Morgan fingerprint density at radius 3 is 2.67 bits per heavy atom. The van der Waals surface area contributed by atoms with E-state index in [1.165, 1.54) is 0 Å². The van der Waals surface area contributed by atoms with E-state index in [-0.39, 0.29) is 23.5 Å². The normalized spacial score (nSPS) is 23.4. The van der Waals surface area contributed by atoms with Gasteiger partial charge in [0.15, 0.2) is 0 Å². The average Bonchev–Trinajstić information content (AvgIpc) is 2.39. The molecule has 0 aromatic heterocycles. The van der Waals surface area contributed by atoms with Crippen molar-refractivity contribution in [3.63, 3.8) is 0 Å². The molecule has 0 amide bonds. The van der Waals surface area contributed by atoms with Gasteiger partial charge in [0.1, 0.15) is 5.82 Å². The highest BCUT2D eigenvalue weighted by Crippen LogP contribution is 2.25. The molecule has 2 rings (SSSR count). The summed E-state index contributed by atoms with van der Waals surface area (Å²) in [4.78, 5) is 2.10. The first-order valence-corrected chi connectivity index (χ1v) is 7.68. The number of morpholine rings is 1. The zero-order valence-corrected chi connectivity index (χ0v) is 13.7. The Labute approximate surface area is 127 Å². The number of hydrogen-bond acceptors (Lipinski definition) is 3. The van der Waals surface area contributed by atoms with E-state index in [1.807, 2.05) is 19.1 Å². The number of nitrogens with one attached hydrogen (secondary N) is 1. The summed E-state index contributed by atoms with van der Waals surface area (Å²) in [6.45, 7) is 12.5. The van der Waals surface area contributed by atoms with Crippen LogP contribution in [-0.2, 0) is 11.3 Å². The third kappa shape index (κ3) is 4.42. The van der Waals surface area contributed by atoms with Crippen LogP contribution in [0.4, 0.5) is 10.1 Å². The summed E-state index contributed by atoms with van der Waals surface area (Å²) < 4.78 is 20.1. The number of halogens is 1. The van der Waals surface area contributed by atoms with Gasteiger partial charge in [-0.25, -0.2) is 4.39 Å². The zero-order valence-electron chi connectivity index (χ0n) is 13.7. The fourth-order valence-electron chi connectivity index (χ4n) is 2.50. The van der Waals surface area contributed by atoms with Gasteiger partial charge in [0, 0.05) is 24.7 Å². The quantitative estimate of drug-likeness (QED) is 0.925. The maximum Gasteiger partial charge on any atom is 0.146 e. The van der Waals surface area contributed by atoms with E-state index >= 15 is 0 Å². The van der Waals surface area contributed by atoms with E-state index in [2.05, 4.69) is 37.9 Å². The van der Waals surface area contributed by atoms with Gasteiger partial charge < -0.3 is 15.0 Å². The molecular formula is C17H27FN2O. The Balaban J connectivity index is 2.11. The summed E-state index contributed by atoms with van der Waals surface area (Å²) in [6.07, 6.45) is 0.142. The maximum atomic E-state index is 14.4. The summed E-state index contributed by atoms with van der Waals surface area (Å²) >= 11 is 0. The number of anilines is 1. The molecule has 118 valence electrons. The highest BCUT2D eigenvalue weighted by atomic mass is 19.1. The first-order chi connectivity index (χ1) is 9.76. The van der Waals surface area contributed by atoms with E-state index in [1.54, 1.807) is 6.07 Å². The molecule has 0 spiro atoms. The fraction of sp³-hybridized carbons (Fsp3) is 0.647. The Kier molecular flexibility index (Phi) is 4.89. The van der Waals surface area contributed by atoms with Gasteiger partial charge in [-0.2, -0.15) is 0 Å². The SMILES string of the molecule is CC1CN(c2ccc(CNC(C)(C)C)cc2F)C(C)CO1. The van der Waals surface area contributed by atoms with Crippen LogP contribution < -0.4 is 10.2 Å². The third-order valence-corrected chi connectivity index (χ3v) is 3.75. The van der Waals surface area contributed by atoms with Crippen LogP contribution >= 0.6 is 0 Å². The minimum Gasteiger partial charge on any atom is -0.375 e. The van der Waals surface area contributed by atoms with Crippen molar-refractivity contribution in [3.05, 3.63) is 29.6 Å². The molecule has 1 aliphatic heterocycles. The molecule has 1 N–H and O–H groups in total. The summed E-state index contributed by atoms with van der Waals surface area (Å²) in [5.41, 5.74) is 1.68. The molecule has 1 saturated heterocycles. The average molecular weight is 294 g/mol. The molecule has 3 nitrogen and oxygen atoms in total. The Hall–Kier alpha value is -1.13. The molecule has 0 saturated carbocycles. The number of nitrogens with zero attached hydrogens (tertiary/aromatic N) is 1. The van der Waals surface area contributed by atoms with Crippen LogP contribution in [0.1, 0.15) is 40.2 Å². The molecule has 1 aliphatic rings. The van der Waals surface area contributed by atoms with E-state index in [4.69, 9.17) is 4.74 Å². The van der Waals surface area contributed by atoms with Crippen molar-refractivity contribution in [2.24, 2.45) is 0 Å². The van der Waals surface area contributed by atoms with Gasteiger partial charge in [-0.3, -0.25) is 0 Å². The number of benzene rings is 1. The summed E-state index contributed by atoms with van der Waals surface area (Å²) in [5.74, 6) is -0.149. The first-order valence-electron chi connectivity index (χ1n) is 7.68. The van der Waals surface area contributed by atoms with E-state index in [0.29, 0.717) is 18.8 Å². The second-order valence-electron chi connectivity index (χ2n) is 7.03. The number of ether oxygens (including phenoxy) is 1. The van der Waals surface area contributed by atoms with Crippen molar-refractivity contribution in [1.82, 2.24) is 5.32 Å². The van der Waals surface area contributed by atoms with Crippen LogP contribution in [0.2, 0.25) is 0 Å². The molecule has 2 unspecified atom stereocenters. The zero-order chi connectivity index (χ0) is 15.6. The topological polar surface area (TPSA) is 24.5 Å². The molecule has 1 aromatic rings. The van der Waals surface area contributed by atoms with E-state index in [9.17, 15) is 4.39 Å². The second kappa shape index (κ2) is 6.32. The Morgan fingerprint density at radius 1 is 1.33 bits per heavy atom. The molecular weight excluding hydrogens is 267 g/mol. The highest BCUT2D eigenvalue weighted by Gasteiger charge is 2.25. The van der Waals surface area contributed by atoms with Crippen LogP contribution in [0.3, 0.4) is 0 Å². The molecule has 1 fully saturated rings. The molecule has 2 atom stereocenters. The lowest BCUT2D eigenvalue weighted by Crippen LogP contribution is -2.47. The molecule has 1 heterocycles. The van der Waals surface area contributed by atoms with Crippen molar-refractivity contribution in [1.29, 1.82) is 0 Å². The van der Waals surface area contributed by atoms with Crippen molar-refractivity contribution in [2.45, 2.75) is 58.8 Å². The molecule has 0 bridgehead atoms. The molecule has 0 radical (unpaired) electrons. The molecule has 0 aliphatic carbocycles. The lowest BCUT2D eigenvalue weighted by molar-refractivity contribution is 0.0341. The maximum absolute atomic E-state index is 14.4. The first kappa shape index (κ1) is 16.2. The van der Waals surface area contributed by atoms with Crippen LogP contribution in [0.25, 0.3) is 0 Å². The van der Waals surface area contributed by atoms with Gasteiger partial charge >= 0.3 is 0 Å². The smallest absolute Gasteiger partial charge is 0.146 e. The van der Waals surface area contributed by atoms with E-state index < -0.39 is 0 Å². The highest BCUT2D eigenvalue weighted by molar-refractivity contribution is 5.50. The standard InChI is InChI=1S/C17H27FN2O/c1-12-11-21-13(2)10-20(12)16-7-6-14(8-15(16)18)9-19-17(3,4)5/h6-8,12-13,19H,9-11H2,1-5H3. The second-order valence-corrected chi connectivity index (χ2v) is 7.03. The monoisotopic (exact) mass is 294 g/mol. The van der Waals surface area contributed by atoms with E-state index in [0.717, 1.165) is 12.1 Å². The van der Waals surface area contributed by atoms with Crippen molar-refractivity contribution in [3.8, 4) is 0 Å². The van der Waals surface area contributed by atoms with Gasteiger partial charge in [-0.15, -0.1) is 0 Å². The van der Waals surface area contributed by atoms with Gasteiger partial charge in [-0.1, -0.05) is 6.07 Å². The fourth-order valence-corrected chi connectivity index (χ4v) is 2.50. The lowest BCUT2D eigenvalue weighted by Gasteiger charge is -2.38. The van der Waals surface area contributed by atoms with Crippen LogP contribution in [0, 0.1) is 5.82 Å². The summed E-state index contributed by atoms with van der Waals surface area (Å²) in [6, 6.07) is 5.74. The van der Waals surface area contributed by atoms with Gasteiger partial charge in [0.2, 0.25) is 0 Å². The predicted octanol–water partition coefficient (Wildman–Crippen LogP) is 3.33. The van der Waals surface area contributed by atoms with Crippen molar-refractivity contribution in [2.75, 3.05) is 18.1 Å². The van der Waals surface area contributed by atoms with Crippen molar-refractivity contribution >= 4 is 5.69 Å². The molecule has 4 heteroatoms. The van der Waals surface area contributed by atoms with Gasteiger partial charge in [0.25, 0.3) is 0 Å². The van der Waals surface area contributed by atoms with Crippen LogP contribution in [0.5, 0.6) is 0 Å². The minimum atomic E-state index is -0.149. The van der Waals surface area contributed by atoms with Crippen LogP contribution in [-0.4, -0.2) is 30.8 Å².